The first-order valence-corrected chi connectivity index (χ1v) is 8.95. The van der Waals surface area contributed by atoms with Gasteiger partial charge >= 0.3 is 17.9 Å². The topological polar surface area (TPSA) is 78.9 Å². The number of carbonyl (C=O) groups is 3. The molecule has 0 aliphatic rings. The van der Waals surface area contributed by atoms with E-state index in [9.17, 15) is 14.4 Å². The molecule has 1 aromatic carbocycles. The number of carbonyl (C=O) groups excluding carboxylic acids is 3. The summed E-state index contributed by atoms with van der Waals surface area (Å²) in [6.45, 7) is 6.05. The Balaban J connectivity index is 2.26. The van der Waals surface area contributed by atoms with E-state index in [-0.39, 0.29) is 44.5 Å². The Morgan fingerprint density at radius 1 is 0.962 bits per heavy atom. The normalized spacial score (nSPS) is 11.7. The van der Waals surface area contributed by atoms with Gasteiger partial charge in [-0.05, 0) is 24.8 Å². The van der Waals surface area contributed by atoms with E-state index in [1.807, 2.05) is 44.2 Å². The van der Waals surface area contributed by atoms with Crippen molar-refractivity contribution in [2.75, 3.05) is 13.2 Å². The molecule has 144 valence electrons. The van der Waals surface area contributed by atoms with E-state index in [0.717, 1.165) is 5.56 Å². The first-order chi connectivity index (χ1) is 12.4. The Hall–Kier alpha value is -2.37. The van der Waals surface area contributed by atoms with Gasteiger partial charge in [-0.2, -0.15) is 0 Å². The predicted molar refractivity (Wildman–Crippen MR) is 96.0 cm³/mol. The summed E-state index contributed by atoms with van der Waals surface area (Å²) in [6.07, 6.45) is 0.553. The predicted octanol–water partition coefficient (Wildman–Crippen LogP) is 3.28. The third-order valence-electron chi connectivity index (χ3n) is 3.81. The van der Waals surface area contributed by atoms with Crippen molar-refractivity contribution in [1.82, 2.24) is 0 Å². The summed E-state index contributed by atoms with van der Waals surface area (Å²) >= 11 is 0. The first-order valence-electron chi connectivity index (χ1n) is 8.95. The maximum absolute atomic E-state index is 12.1. The summed E-state index contributed by atoms with van der Waals surface area (Å²) in [7, 11) is 0. The maximum Gasteiger partial charge on any atom is 0.309 e. The molecule has 0 spiro atoms. The van der Waals surface area contributed by atoms with E-state index in [1.54, 1.807) is 6.92 Å². The monoisotopic (exact) mass is 364 g/mol. The minimum absolute atomic E-state index is 0.00343. The lowest BCUT2D eigenvalue weighted by Crippen LogP contribution is -2.26. The zero-order chi connectivity index (χ0) is 19.4. The lowest BCUT2D eigenvalue weighted by Gasteiger charge is -2.18. The van der Waals surface area contributed by atoms with Crippen molar-refractivity contribution in [3.63, 3.8) is 0 Å². The molecule has 0 aromatic heterocycles. The lowest BCUT2D eigenvalue weighted by atomic mass is 9.93. The molecule has 1 atom stereocenters. The van der Waals surface area contributed by atoms with Crippen LogP contribution < -0.4 is 0 Å². The third kappa shape index (κ3) is 8.65. The van der Waals surface area contributed by atoms with Crippen LogP contribution in [0.3, 0.4) is 0 Å². The van der Waals surface area contributed by atoms with Crippen molar-refractivity contribution in [2.45, 2.75) is 46.6 Å². The van der Waals surface area contributed by atoms with Crippen LogP contribution in [0.15, 0.2) is 30.3 Å². The summed E-state index contributed by atoms with van der Waals surface area (Å²) < 4.78 is 15.2. The molecule has 0 aliphatic carbocycles. The van der Waals surface area contributed by atoms with Crippen LogP contribution in [-0.4, -0.2) is 31.1 Å². The average molecular weight is 364 g/mol. The van der Waals surface area contributed by atoms with Gasteiger partial charge < -0.3 is 14.2 Å². The fourth-order valence-electron chi connectivity index (χ4n) is 2.30. The van der Waals surface area contributed by atoms with Gasteiger partial charge in [-0.3, -0.25) is 14.4 Å². The maximum atomic E-state index is 12.1. The van der Waals surface area contributed by atoms with E-state index in [2.05, 4.69) is 0 Å². The second-order valence-corrected chi connectivity index (χ2v) is 6.28. The standard InChI is InChI=1S/C20H28O6/c1-4-24-19(22)13-17(15(2)3)20(23)25-12-8-11-18(21)26-14-16-9-6-5-7-10-16/h5-7,9-10,15,17H,4,8,11-14H2,1-3H3/t17-/m0/s1. The van der Waals surface area contributed by atoms with Gasteiger partial charge in [-0.25, -0.2) is 0 Å². The highest BCUT2D eigenvalue weighted by atomic mass is 16.5. The number of hydrogen-bond acceptors (Lipinski definition) is 6. The lowest BCUT2D eigenvalue weighted by molar-refractivity contribution is -0.157. The molecule has 0 saturated carbocycles. The number of ether oxygens (including phenoxy) is 3. The molecule has 0 unspecified atom stereocenters. The Morgan fingerprint density at radius 2 is 1.65 bits per heavy atom. The first kappa shape index (κ1) is 21.7. The minimum Gasteiger partial charge on any atom is -0.466 e. The summed E-state index contributed by atoms with van der Waals surface area (Å²) in [6, 6.07) is 9.41. The van der Waals surface area contributed by atoms with E-state index in [1.165, 1.54) is 0 Å². The zero-order valence-electron chi connectivity index (χ0n) is 15.7. The van der Waals surface area contributed by atoms with Gasteiger partial charge in [0.15, 0.2) is 0 Å². The van der Waals surface area contributed by atoms with Crippen LogP contribution in [0.5, 0.6) is 0 Å². The van der Waals surface area contributed by atoms with Crippen molar-refractivity contribution in [3.8, 4) is 0 Å². The third-order valence-corrected chi connectivity index (χ3v) is 3.81. The molecule has 0 amide bonds. The molecule has 0 fully saturated rings. The summed E-state index contributed by atoms with van der Waals surface area (Å²) in [5.74, 6) is -1.77. The van der Waals surface area contributed by atoms with Crippen molar-refractivity contribution in [1.29, 1.82) is 0 Å². The molecule has 0 saturated heterocycles. The highest BCUT2D eigenvalue weighted by Crippen LogP contribution is 2.18. The fourth-order valence-corrected chi connectivity index (χ4v) is 2.30. The van der Waals surface area contributed by atoms with Crippen LogP contribution in [0.2, 0.25) is 0 Å². The SMILES string of the molecule is CCOC(=O)C[C@H](C(=O)OCCCC(=O)OCc1ccccc1)C(C)C. The van der Waals surface area contributed by atoms with E-state index in [0.29, 0.717) is 6.42 Å². The molecule has 1 rings (SSSR count). The van der Waals surface area contributed by atoms with Gasteiger partial charge in [0.1, 0.15) is 6.61 Å². The van der Waals surface area contributed by atoms with Crippen LogP contribution in [0.4, 0.5) is 0 Å². The highest BCUT2D eigenvalue weighted by molar-refractivity contribution is 5.80. The van der Waals surface area contributed by atoms with Crippen molar-refractivity contribution < 1.29 is 28.6 Å². The summed E-state index contributed by atoms with van der Waals surface area (Å²) in [5.41, 5.74) is 0.922. The van der Waals surface area contributed by atoms with Gasteiger partial charge in [0.25, 0.3) is 0 Å². The molecular formula is C20H28O6. The Kier molecular flexibility index (Phi) is 10.1. The molecule has 0 aliphatic heterocycles. The van der Waals surface area contributed by atoms with Crippen molar-refractivity contribution in [2.24, 2.45) is 11.8 Å². The Morgan fingerprint density at radius 3 is 2.27 bits per heavy atom. The number of esters is 3. The fraction of sp³-hybridized carbons (Fsp3) is 0.550. The van der Waals surface area contributed by atoms with Crippen LogP contribution in [0.25, 0.3) is 0 Å². The molecule has 0 heterocycles. The van der Waals surface area contributed by atoms with Crippen LogP contribution in [-0.2, 0) is 35.2 Å². The van der Waals surface area contributed by atoms with Gasteiger partial charge in [-0.1, -0.05) is 44.2 Å². The molecule has 6 nitrogen and oxygen atoms in total. The zero-order valence-corrected chi connectivity index (χ0v) is 15.7. The molecular weight excluding hydrogens is 336 g/mol. The Bertz CT molecular complexity index is 567. The summed E-state index contributed by atoms with van der Waals surface area (Å²) in [4.78, 5) is 35.4. The van der Waals surface area contributed by atoms with Crippen molar-refractivity contribution in [3.05, 3.63) is 35.9 Å². The van der Waals surface area contributed by atoms with Gasteiger partial charge in [0, 0.05) is 6.42 Å². The van der Waals surface area contributed by atoms with E-state index in [4.69, 9.17) is 14.2 Å². The quantitative estimate of drug-likeness (QED) is 0.341. The minimum atomic E-state index is -0.543. The second-order valence-electron chi connectivity index (χ2n) is 6.28. The van der Waals surface area contributed by atoms with Crippen LogP contribution in [0, 0.1) is 11.8 Å². The molecule has 0 N–H and O–H groups in total. The molecule has 6 heteroatoms. The van der Waals surface area contributed by atoms with Crippen molar-refractivity contribution >= 4 is 17.9 Å². The molecule has 1 aromatic rings. The number of hydrogen-bond donors (Lipinski definition) is 0. The van der Waals surface area contributed by atoms with E-state index < -0.39 is 17.9 Å². The molecule has 0 radical (unpaired) electrons. The second kappa shape index (κ2) is 12.1. The smallest absolute Gasteiger partial charge is 0.309 e. The van der Waals surface area contributed by atoms with Gasteiger partial charge in [-0.15, -0.1) is 0 Å². The highest BCUT2D eigenvalue weighted by Gasteiger charge is 2.27. The van der Waals surface area contributed by atoms with Crippen LogP contribution >= 0.6 is 0 Å². The number of rotatable bonds is 11. The number of benzene rings is 1. The molecule has 0 bridgehead atoms. The summed E-state index contributed by atoms with van der Waals surface area (Å²) in [5, 5.41) is 0. The average Bonchev–Trinajstić information content (AvgIpc) is 2.62. The molecule has 26 heavy (non-hydrogen) atoms. The van der Waals surface area contributed by atoms with Gasteiger partial charge in [0.05, 0.1) is 25.6 Å². The van der Waals surface area contributed by atoms with E-state index >= 15 is 0 Å². The van der Waals surface area contributed by atoms with Crippen LogP contribution in [0.1, 0.15) is 45.6 Å². The Labute approximate surface area is 154 Å². The largest absolute Gasteiger partial charge is 0.466 e. The van der Waals surface area contributed by atoms with Gasteiger partial charge in [0.2, 0.25) is 0 Å².